The van der Waals surface area contributed by atoms with Gasteiger partial charge in [-0.1, -0.05) is 20.8 Å². The normalized spacial score (nSPS) is 19.5. The first-order valence-electron chi connectivity index (χ1n) is 9.49. The summed E-state index contributed by atoms with van der Waals surface area (Å²) in [6.07, 6.45) is 0.893. The predicted octanol–water partition coefficient (Wildman–Crippen LogP) is 3.16. The first-order valence-corrected chi connectivity index (χ1v) is 10.9. The second-order valence-corrected chi connectivity index (χ2v) is 8.69. The van der Waals surface area contributed by atoms with E-state index in [1.54, 1.807) is 18.2 Å². The second kappa shape index (κ2) is 8.39. The Morgan fingerprint density at radius 2 is 1.69 bits per heavy atom. The van der Waals surface area contributed by atoms with E-state index < -0.39 is 10.0 Å². The number of carbonyl (C=O) groups excluding carboxylic acids is 1. The average molecular weight is 382 g/mol. The van der Waals surface area contributed by atoms with E-state index in [1.807, 2.05) is 27.7 Å². The van der Waals surface area contributed by atoms with Crippen LogP contribution >= 0.6 is 0 Å². The lowest BCUT2D eigenvalue weighted by molar-refractivity contribution is -0.117. The van der Waals surface area contributed by atoms with Crippen molar-refractivity contribution in [2.24, 2.45) is 11.8 Å². The monoisotopic (exact) mass is 381 g/mol. The molecule has 0 aliphatic heterocycles. The van der Waals surface area contributed by atoms with Crippen LogP contribution in [0.5, 0.6) is 0 Å². The first kappa shape index (κ1) is 20.7. The summed E-state index contributed by atoms with van der Waals surface area (Å²) in [5.41, 5.74) is 1.43. The van der Waals surface area contributed by atoms with Crippen molar-refractivity contribution in [1.82, 2.24) is 4.31 Å². The molecule has 1 aliphatic carbocycles. The highest BCUT2D eigenvalue weighted by Crippen LogP contribution is 2.39. The maximum absolute atomic E-state index is 12.9. The molecular weight excluding hydrogens is 350 g/mol. The summed E-state index contributed by atoms with van der Waals surface area (Å²) in [4.78, 5) is 14.8. The van der Waals surface area contributed by atoms with E-state index in [4.69, 9.17) is 0 Å². The molecule has 0 aromatic heterocycles. The molecule has 1 N–H and O–H groups in total. The standard InChI is InChI=1S/C19H31N3O3S/c1-6-21(7-2)18-11-10-15(26(24,25)22(8-3)9-4)13-17(18)20-19(23)16-12-14(16)5/h10-11,13-14,16H,6-9,12H2,1-5H3,(H,20,23). The van der Waals surface area contributed by atoms with E-state index in [2.05, 4.69) is 17.1 Å². The maximum Gasteiger partial charge on any atom is 0.243 e. The van der Waals surface area contributed by atoms with Gasteiger partial charge >= 0.3 is 0 Å². The minimum atomic E-state index is -3.57. The van der Waals surface area contributed by atoms with Gasteiger partial charge in [0.15, 0.2) is 0 Å². The van der Waals surface area contributed by atoms with Crippen molar-refractivity contribution in [3.8, 4) is 0 Å². The Hall–Kier alpha value is -1.60. The van der Waals surface area contributed by atoms with E-state index in [0.29, 0.717) is 24.7 Å². The molecule has 7 heteroatoms. The van der Waals surface area contributed by atoms with Crippen molar-refractivity contribution in [1.29, 1.82) is 0 Å². The van der Waals surface area contributed by atoms with Gasteiger partial charge in [-0.3, -0.25) is 4.79 Å². The molecule has 0 radical (unpaired) electrons. The molecule has 1 aliphatic rings. The fourth-order valence-corrected chi connectivity index (χ4v) is 4.73. The maximum atomic E-state index is 12.9. The van der Waals surface area contributed by atoms with Crippen molar-refractivity contribution in [2.75, 3.05) is 36.4 Å². The number of hydrogen-bond donors (Lipinski definition) is 1. The summed E-state index contributed by atoms with van der Waals surface area (Å²) in [5, 5.41) is 2.98. The molecule has 0 saturated heterocycles. The molecule has 6 nitrogen and oxygen atoms in total. The highest BCUT2D eigenvalue weighted by molar-refractivity contribution is 7.89. The Bertz CT molecular complexity index is 740. The van der Waals surface area contributed by atoms with E-state index in [-0.39, 0.29) is 16.7 Å². The predicted molar refractivity (Wildman–Crippen MR) is 106 cm³/mol. The van der Waals surface area contributed by atoms with Crippen LogP contribution in [-0.4, -0.2) is 44.8 Å². The van der Waals surface area contributed by atoms with Crippen molar-refractivity contribution < 1.29 is 13.2 Å². The smallest absolute Gasteiger partial charge is 0.243 e. The number of amides is 1. The van der Waals surface area contributed by atoms with E-state index in [9.17, 15) is 13.2 Å². The van der Waals surface area contributed by atoms with Gasteiger partial charge in [0, 0.05) is 32.1 Å². The molecular formula is C19H31N3O3S. The molecule has 0 spiro atoms. The lowest BCUT2D eigenvalue weighted by atomic mass is 10.2. The van der Waals surface area contributed by atoms with Crippen LogP contribution in [0.25, 0.3) is 0 Å². The summed E-state index contributed by atoms with van der Waals surface area (Å²) in [7, 11) is -3.57. The number of anilines is 2. The van der Waals surface area contributed by atoms with Crippen LogP contribution in [0.4, 0.5) is 11.4 Å². The fraction of sp³-hybridized carbons (Fsp3) is 0.632. The van der Waals surface area contributed by atoms with Gasteiger partial charge in [-0.15, -0.1) is 0 Å². The summed E-state index contributed by atoms with van der Waals surface area (Å²) in [6, 6.07) is 5.04. The van der Waals surface area contributed by atoms with Crippen LogP contribution in [0.15, 0.2) is 23.1 Å². The minimum absolute atomic E-state index is 0.0247. The Kier molecular flexibility index (Phi) is 6.69. The zero-order valence-corrected chi connectivity index (χ0v) is 17.3. The lowest BCUT2D eigenvalue weighted by Gasteiger charge is -2.26. The highest BCUT2D eigenvalue weighted by Gasteiger charge is 2.39. The number of nitrogens with zero attached hydrogens (tertiary/aromatic N) is 2. The van der Waals surface area contributed by atoms with Crippen molar-refractivity contribution >= 4 is 27.3 Å². The summed E-state index contributed by atoms with van der Waals surface area (Å²) in [5.74, 6) is 0.403. The molecule has 1 amide bonds. The quantitative estimate of drug-likeness (QED) is 0.713. The number of sulfonamides is 1. The topological polar surface area (TPSA) is 69.7 Å². The minimum Gasteiger partial charge on any atom is -0.370 e. The molecule has 146 valence electrons. The van der Waals surface area contributed by atoms with Gasteiger partial charge in [0.25, 0.3) is 0 Å². The van der Waals surface area contributed by atoms with Crippen LogP contribution in [0.2, 0.25) is 0 Å². The summed E-state index contributed by atoms with van der Waals surface area (Å²) < 4.78 is 27.1. The Morgan fingerprint density at radius 3 is 2.15 bits per heavy atom. The number of carbonyl (C=O) groups is 1. The molecule has 2 rings (SSSR count). The third kappa shape index (κ3) is 4.20. The number of nitrogens with one attached hydrogen (secondary N) is 1. The molecule has 1 aromatic rings. The van der Waals surface area contributed by atoms with E-state index in [0.717, 1.165) is 25.2 Å². The first-order chi connectivity index (χ1) is 12.3. The van der Waals surface area contributed by atoms with Gasteiger partial charge in [-0.25, -0.2) is 8.42 Å². The molecule has 2 atom stereocenters. The van der Waals surface area contributed by atoms with Gasteiger partial charge < -0.3 is 10.2 Å². The van der Waals surface area contributed by atoms with Crippen LogP contribution in [-0.2, 0) is 14.8 Å². The summed E-state index contributed by atoms with van der Waals surface area (Å²) in [6.45, 7) is 12.2. The van der Waals surface area contributed by atoms with Gasteiger partial charge in [0.05, 0.1) is 16.3 Å². The second-order valence-electron chi connectivity index (χ2n) is 6.75. The lowest BCUT2D eigenvalue weighted by Crippen LogP contribution is -2.31. The molecule has 26 heavy (non-hydrogen) atoms. The Labute approximate surface area is 157 Å². The van der Waals surface area contributed by atoms with E-state index in [1.165, 1.54) is 4.31 Å². The van der Waals surface area contributed by atoms with Crippen LogP contribution in [0.1, 0.15) is 41.0 Å². The summed E-state index contributed by atoms with van der Waals surface area (Å²) >= 11 is 0. The number of benzene rings is 1. The SMILES string of the molecule is CCN(CC)c1ccc(S(=O)(=O)N(CC)CC)cc1NC(=O)C1CC1C. The Balaban J connectivity index is 2.44. The highest BCUT2D eigenvalue weighted by atomic mass is 32.2. The van der Waals surface area contributed by atoms with Crippen LogP contribution < -0.4 is 10.2 Å². The van der Waals surface area contributed by atoms with Crippen molar-refractivity contribution in [3.05, 3.63) is 18.2 Å². The molecule has 1 fully saturated rings. The largest absolute Gasteiger partial charge is 0.370 e. The van der Waals surface area contributed by atoms with Gasteiger partial charge in [0.1, 0.15) is 0 Å². The number of rotatable bonds is 9. The molecule has 2 unspecified atom stereocenters. The molecule has 0 heterocycles. The fourth-order valence-electron chi connectivity index (χ4n) is 3.24. The molecule has 1 saturated carbocycles. The molecule has 1 aromatic carbocycles. The van der Waals surface area contributed by atoms with Crippen molar-refractivity contribution in [3.63, 3.8) is 0 Å². The third-order valence-corrected chi connectivity index (χ3v) is 7.17. The average Bonchev–Trinajstić information content (AvgIpc) is 3.34. The van der Waals surface area contributed by atoms with E-state index >= 15 is 0 Å². The van der Waals surface area contributed by atoms with Gasteiger partial charge in [-0.2, -0.15) is 4.31 Å². The van der Waals surface area contributed by atoms with Crippen LogP contribution in [0.3, 0.4) is 0 Å². The van der Waals surface area contributed by atoms with Crippen LogP contribution in [0, 0.1) is 11.8 Å². The number of hydrogen-bond acceptors (Lipinski definition) is 4. The Morgan fingerprint density at radius 1 is 1.12 bits per heavy atom. The van der Waals surface area contributed by atoms with Gasteiger partial charge in [0.2, 0.25) is 15.9 Å². The van der Waals surface area contributed by atoms with Gasteiger partial charge in [-0.05, 0) is 44.4 Å². The van der Waals surface area contributed by atoms with Crippen molar-refractivity contribution in [2.45, 2.75) is 45.9 Å². The third-order valence-electron chi connectivity index (χ3n) is 5.12. The zero-order valence-electron chi connectivity index (χ0n) is 16.4. The molecule has 0 bridgehead atoms. The zero-order chi connectivity index (χ0) is 19.5.